The van der Waals surface area contributed by atoms with E-state index < -0.39 is 0 Å². The monoisotopic (exact) mass is 342 g/mol. The van der Waals surface area contributed by atoms with E-state index in [2.05, 4.69) is 15.9 Å². The van der Waals surface area contributed by atoms with Crippen molar-refractivity contribution < 1.29 is 9.53 Å². The van der Waals surface area contributed by atoms with Crippen LogP contribution in [0.3, 0.4) is 0 Å². The fourth-order valence-electron chi connectivity index (χ4n) is 3.06. The molecule has 1 saturated carbocycles. The maximum Gasteiger partial charge on any atom is 0.166 e. The molecule has 0 radical (unpaired) electrons. The molecule has 4 heteroatoms. The highest BCUT2D eigenvalue weighted by molar-refractivity contribution is 9.10. The summed E-state index contributed by atoms with van der Waals surface area (Å²) < 4.78 is 6.66. The molecule has 1 heterocycles. The summed E-state index contributed by atoms with van der Waals surface area (Å²) in [5, 5.41) is 0.638. The highest BCUT2D eigenvalue weighted by Gasteiger charge is 2.44. The molecular formula is C15H16BrClO2. The number of carbonyl (C=O) groups is 1. The maximum atomic E-state index is 12.6. The molecule has 1 unspecified atom stereocenters. The molecule has 0 amide bonds. The second kappa shape index (κ2) is 5.19. The molecule has 1 aliphatic carbocycles. The Labute approximate surface area is 126 Å². The van der Waals surface area contributed by atoms with E-state index in [-0.39, 0.29) is 17.3 Å². The number of ether oxygens (including phenoxy) is 1. The lowest BCUT2D eigenvalue weighted by Gasteiger charge is -2.46. The average Bonchev–Trinajstić information content (AvgIpc) is 2.39. The van der Waals surface area contributed by atoms with Gasteiger partial charge in [0.2, 0.25) is 0 Å². The van der Waals surface area contributed by atoms with Crippen LogP contribution in [-0.2, 0) is 4.74 Å². The molecule has 102 valence electrons. The topological polar surface area (TPSA) is 26.3 Å². The number of carbonyl (C=O) groups excluding carboxylic acids is 1. The summed E-state index contributed by atoms with van der Waals surface area (Å²) >= 11 is 9.35. The Morgan fingerprint density at radius 3 is 2.84 bits per heavy atom. The molecule has 1 saturated heterocycles. The summed E-state index contributed by atoms with van der Waals surface area (Å²) in [5.74, 6) is 0.328. The first-order chi connectivity index (χ1) is 9.10. The first kappa shape index (κ1) is 13.6. The van der Waals surface area contributed by atoms with Gasteiger partial charge in [-0.3, -0.25) is 4.79 Å². The molecule has 0 bridgehead atoms. The number of benzene rings is 1. The lowest BCUT2D eigenvalue weighted by molar-refractivity contribution is -0.137. The Kier molecular flexibility index (Phi) is 3.71. The molecule has 1 spiro atoms. The van der Waals surface area contributed by atoms with E-state index in [1.807, 2.05) is 12.1 Å². The second-order valence-electron chi connectivity index (χ2n) is 5.57. The Bertz CT molecular complexity index is 511. The van der Waals surface area contributed by atoms with Crippen LogP contribution in [0.15, 0.2) is 22.7 Å². The van der Waals surface area contributed by atoms with Crippen LogP contribution in [0, 0.1) is 5.92 Å². The average molecular weight is 344 g/mol. The molecule has 1 aliphatic heterocycles. The van der Waals surface area contributed by atoms with Crippen LogP contribution in [0.4, 0.5) is 0 Å². The van der Waals surface area contributed by atoms with Gasteiger partial charge in [0, 0.05) is 22.6 Å². The van der Waals surface area contributed by atoms with Crippen molar-refractivity contribution >= 4 is 33.3 Å². The summed E-state index contributed by atoms with van der Waals surface area (Å²) in [6, 6.07) is 5.42. The number of Topliss-reactive ketones (excluding diaryl/α,β-unsaturated/α-hetero) is 1. The van der Waals surface area contributed by atoms with Crippen molar-refractivity contribution in [2.24, 2.45) is 5.92 Å². The van der Waals surface area contributed by atoms with Crippen molar-refractivity contribution in [3.63, 3.8) is 0 Å². The fourth-order valence-corrected chi connectivity index (χ4v) is 3.55. The van der Waals surface area contributed by atoms with Gasteiger partial charge >= 0.3 is 0 Å². The van der Waals surface area contributed by atoms with Crippen molar-refractivity contribution in [2.45, 2.75) is 37.7 Å². The molecule has 2 nitrogen and oxygen atoms in total. The predicted octanol–water partition coefficient (Wildman–Crippen LogP) is 4.63. The Morgan fingerprint density at radius 1 is 1.42 bits per heavy atom. The Balaban J connectivity index is 1.77. The summed E-state index contributed by atoms with van der Waals surface area (Å²) in [6.07, 6.45) is 5.17. The van der Waals surface area contributed by atoms with Gasteiger partial charge in [-0.2, -0.15) is 0 Å². The van der Waals surface area contributed by atoms with Crippen LogP contribution >= 0.6 is 27.5 Å². The minimum Gasteiger partial charge on any atom is -0.375 e. The smallest absolute Gasteiger partial charge is 0.166 e. The van der Waals surface area contributed by atoms with Gasteiger partial charge in [-0.05, 0) is 66.2 Å². The van der Waals surface area contributed by atoms with Crippen LogP contribution in [0.1, 0.15) is 42.5 Å². The van der Waals surface area contributed by atoms with Gasteiger partial charge in [0.25, 0.3) is 0 Å². The highest BCUT2D eigenvalue weighted by Crippen LogP contribution is 2.45. The molecular weight excluding hydrogens is 328 g/mol. The van der Waals surface area contributed by atoms with E-state index in [9.17, 15) is 4.79 Å². The molecule has 1 aromatic rings. The van der Waals surface area contributed by atoms with Crippen LogP contribution in [0.5, 0.6) is 0 Å². The molecule has 3 rings (SSSR count). The molecule has 2 fully saturated rings. The molecule has 2 aliphatic rings. The second-order valence-corrected chi connectivity index (χ2v) is 6.83. The zero-order valence-corrected chi connectivity index (χ0v) is 13.0. The van der Waals surface area contributed by atoms with Crippen molar-refractivity contribution in [1.29, 1.82) is 0 Å². The lowest BCUT2D eigenvalue weighted by atomic mass is 9.70. The third-order valence-corrected chi connectivity index (χ3v) is 5.55. The SMILES string of the molecule is O=C(c1ccc(Cl)c(Br)c1)C1CCOC2(CCC2)C1. The normalized spacial score (nSPS) is 25.1. The van der Waals surface area contributed by atoms with Crippen LogP contribution in [0.2, 0.25) is 5.02 Å². The number of hydrogen-bond donors (Lipinski definition) is 0. The van der Waals surface area contributed by atoms with Gasteiger partial charge in [-0.25, -0.2) is 0 Å². The summed E-state index contributed by atoms with van der Waals surface area (Å²) in [6.45, 7) is 0.713. The number of rotatable bonds is 2. The molecule has 1 aromatic carbocycles. The standard InChI is InChI=1S/C15H16BrClO2/c16-12-8-10(2-3-13(12)17)14(18)11-4-7-19-15(9-11)5-1-6-15/h2-3,8,11H,1,4-7,9H2. The third kappa shape index (κ3) is 2.61. The van der Waals surface area contributed by atoms with Gasteiger partial charge in [-0.1, -0.05) is 11.6 Å². The molecule has 19 heavy (non-hydrogen) atoms. The van der Waals surface area contributed by atoms with E-state index in [0.717, 1.165) is 35.7 Å². The largest absolute Gasteiger partial charge is 0.375 e. The highest BCUT2D eigenvalue weighted by atomic mass is 79.9. The first-order valence-corrected chi connectivity index (χ1v) is 7.90. The van der Waals surface area contributed by atoms with E-state index >= 15 is 0 Å². The van der Waals surface area contributed by atoms with Crippen LogP contribution in [0.25, 0.3) is 0 Å². The summed E-state index contributed by atoms with van der Waals surface area (Å²) in [4.78, 5) is 12.6. The van der Waals surface area contributed by atoms with E-state index in [1.54, 1.807) is 6.07 Å². The van der Waals surface area contributed by atoms with Crippen molar-refractivity contribution in [3.8, 4) is 0 Å². The van der Waals surface area contributed by atoms with Crippen LogP contribution in [-0.4, -0.2) is 18.0 Å². The van der Waals surface area contributed by atoms with Crippen LogP contribution < -0.4 is 0 Å². The zero-order chi connectivity index (χ0) is 13.5. The van der Waals surface area contributed by atoms with Gasteiger partial charge in [0.1, 0.15) is 0 Å². The number of hydrogen-bond acceptors (Lipinski definition) is 2. The Hall–Kier alpha value is -0.380. The molecule has 0 aromatic heterocycles. The maximum absolute atomic E-state index is 12.6. The predicted molar refractivity (Wildman–Crippen MR) is 78.7 cm³/mol. The minimum atomic E-state index is 0.0161. The van der Waals surface area contributed by atoms with Gasteiger partial charge in [0.15, 0.2) is 5.78 Å². The molecule has 1 atom stereocenters. The van der Waals surface area contributed by atoms with Crippen molar-refractivity contribution in [1.82, 2.24) is 0 Å². The number of halogens is 2. The van der Waals surface area contributed by atoms with Crippen molar-refractivity contribution in [3.05, 3.63) is 33.3 Å². The van der Waals surface area contributed by atoms with Gasteiger partial charge < -0.3 is 4.74 Å². The lowest BCUT2D eigenvalue weighted by Crippen LogP contribution is -2.47. The summed E-state index contributed by atoms with van der Waals surface area (Å²) in [5.41, 5.74) is 0.764. The summed E-state index contributed by atoms with van der Waals surface area (Å²) in [7, 11) is 0. The first-order valence-electron chi connectivity index (χ1n) is 6.73. The fraction of sp³-hybridized carbons (Fsp3) is 0.533. The zero-order valence-electron chi connectivity index (χ0n) is 10.6. The van der Waals surface area contributed by atoms with Gasteiger partial charge in [-0.15, -0.1) is 0 Å². The minimum absolute atomic E-state index is 0.0161. The van der Waals surface area contributed by atoms with Gasteiger partial charge in [0.05, 0.1) is 10.6 Å². The van der Waals surface area contributed by atoms with E-state index in [1.165, 1.54) is 6.42 Å². The quantitative estimate of drug-likeness (QED) is 0.732. The van der Waals surface area contributed by atoms with E-state index in [0.29, 0.717) is 11.6 Å². The Morgan fingerprint density at radius 2 is 2.21 bits per heavy atom. The third-order valence-electron chi connectivity index (χ3n) is 4.33. The van der Waals surface area contributed by atoms with Crippen molar-refractivity contribution in [2.75, 3.05) is 6.61 Å². The number of ketones is 1. The van der Waals surface area contributed by atoms with E-state index in [4.69, 9.17) is 16.3 Å². The molecule has 0 N–H and O–H groups in total.